The maximum Gasteiger partial charge on any atom is 0.408 e. The number of hydrogen-bond donors (Lipinski definition) is 2. The summed E-state index contributed by atoms with van der Waals surface area (Å²) >= 11 is 0. The van der Waals surface area contributed by atoms with Crippen LogP contribution in [-0.2, 0) is 4.79 Å². The van der Waals surface area contributed by atoms with Gasteiger partial charge < -0.3 is 10.4 Å². The first-order valence-corrected chi connectivity index (χ1v) is 6.95. The minimum atomic E-state index is -1.12. The van der Waals surface area contributed by atoms with Crippen molar-refractivity contribution in [2.75, 3.05) is 6.54 Å². The van der Waals surface area contributed by atoms with Gasteiger partial charge in [0.05, 0.1) is 0 Å². The number of carbonyl (C=O) groups excluding carboxylic acids is 1. The first kappa shape index (κ1) is 17.6. The summed E-state index contributed by atoms with van der Waals surface area (Å²) in [7, 11) is 0. The van der Waals surface area contributed by atoms with Gasteiger partial charge in [0.1, 0.15) is 12.4 Å². The van der Waals surface area contributed by atoms with Crippen LogP contribution in [0.1, 0.15) is 33.3 Å². The smallest absolute Gasteiger partial charge is 0.408 e. The van der Waals surface area contributed by atoms with Crippen molar-refractivity contribution in [2.45, 2.75) is 39.3 Å². The zero-order chi connectivity index (χ0) is 16.8. The lowest BCUT2D eigenvalue weighted by Gasteiger charge is -2.37. The molecule has 120 valence electrons. The fourth-order valence-electron chi connectivity index (χ4n) is 2.05. The van der Waals surface area contributed by atoms with Gasteiger partial charge in [-0.25, -0.2) is 14.8 Å². The zero-order valence-electron chi connectivity index (χ0n) is 13.3. The highest BCUT2D eigenvalue weighted by atomic mass is 16.4. The highest BCUT2D eigenvalue weighted by Crippen LogP contribution is 2.17. The normalized spacial score (nSPS) is 12.9. The Balaban J connectivity index is 2.57. The van der Waals surface area contributed by atoms with E-state index in [4.69, 9.17) is 0 Å². The third-order valence-electron chi connectivity index (χ3n) is 2.98. The van der Waals surface area contributed by atoms with Gasteiger partial charge in [-0.2, -0.15) is 0 Å². The van der Waals surface area contributed by atoms with Crippen molar-refractivity contribution in [3.63, 3.8) is 0 Å². The molecule has 1 atom stereocenters. The molecule has 0 unspecified atom stereocenters. The van der Waals surface area contributed by atoms with Crippen LogP contribution < -0.4 is 5.32 Å². The molecule has 0 aromatic carbocycles. The second kappa shape index (κ2) is 7.53. The van der Waals surface area contributed by atoms with Crippen LogP contribution >= 0.6 is 0 Å². The second-order valence-electron chi connectivity index (χ2n) is 5.82. The van der Waals surface area contributed by atoms with Crippen LogP contribution in [0, 0.1) is 0 Å². The molecule has 0 bridgehead atoms. The lowest BCUT2D eigenvalue weighted by Crippen LogP contribution is -2.55. The van der Waals surface area contributed by atoms with Crippen LogP contribution in [0.5, 0.6) is 0 Å². The first-order valence-electron chi connectivity index (χ1n) is 6.95. The van der Waals surface area contributed by atoms with E-state index in [9.17, 15) is 14.7 Å². The Morgan fingerprint density at radius 3 is 2.45 bits per heavy atom. The molecule has 2 amide bonds. The zero-order valence-corrected chi connectivity index (χ0v) is 13.3. The SMILES string of the molecule is C[C@H](C(=O)NC/C=C/c1cncnc1)N(C(=O)O)C(C)(C)C. The molecule has 1 aromatic rings. The van der Waals surface area contributed by atoms with Gasteiger partial charge in [0.25, 0.3) is 0 Å². The maximum absolute atomic E-state index is 12.1. The van der Waals surface area contributed by atoms with Crippen LogP contribution in [0.25, 0.3) is 6.08 Å². The quantitative estimate of drug-likeness (QED) is 0.864. The molecule has 1 heterocycles. The molecule has 1 rings (SSSR count). The fraction of sp³-hybridized carbons (Fsp3) is 0.467. The minimum Gasteiger partial charge on any atom is -0.465 e. The number of hydrogen-bond acceptors (Lipinski definition) is 4. The van der Waals surface area contributed by atoms with E-state index in [1.807, 2.05) is 0 Å². The van der Waals surface area contributed by atoms with Crippen LogP contribution in [-0.4, -0.2) is 50.1 Å². The predicted molar refractivity (Wildman–Crippen MR) is 83.2 cm³/mol. The summed E-state index contributed by atoms with van der Waals surface area (Å²) in [4.78, 5) is 32.3. The van der Waals surface area contributed by atoms with Gasteiger partial charge in [0.2, 0.25) is 5.91 Å². The molecule has 0 aliphatic heterocycles. The van der Waals surface area contributed by atoms with Crippen molar-refractivity contribution in [1.82, 2.24) is 20.2 Å². The second-order valence-corrected chi connectivity index (χ2v) is 5.82. The molecule has 7 nitrogen and oxygen atoms in total. The van der Waals surface area contributed by atoms with Crippen molar-refractivity contribution < 1.29 is 14.7 Å². The number of carbonyl (C=O) groups is 2. The fourth-order valence-corrected chi connectivity index (χ4v) is 2.05. The average Bonchev–Trinajstić information content (AvgIpc) is 2.42. The lowest BCUT2D eigenvalue weighted by molar-refractivity contribution is -0.126. The van der Waals surface area contributed by atoms with Gasteiger partial charge in [-0.3, -0.25) is 9.69 Å². The summed E-state index contributed by atoms with van der Waals surface area (Å²) in [5.74, 6) is -0.341. The largest absolute Gasteiger partial charge is 0.465 e. The summed E-state index contributed by atoms with van der Waals surface area (Å²) in [5, 5.41) is 12.0. The maximum atomic E-state index is 12.1. The molecule has 7 heteroatoms. The Kier molecular flexibility index (Phi) is 6.03. The van der Waals surface area contributed by atoms with E-state index in [-0.39, 0.29) is 5.91 Å². The number of nitrogens with one attached hydrogen (secondary N) is 1. The number of aromatic nitrogens is 2. The van der Waals surface area contributed by atoms with Crippen LogP contribution in [0.2, 0.25) is 0 Å². The number of carboxylic acid groups (broad SMARTS) is 1. The predicted octanol–water partition coefficient (Wildman–Crippen LogP) is 1.77. The summed E-state index contributed by atoms with van der Waals surface area (Å²) in [6, 6.07) is -0.772. The van der Waals surface area contributed by atoms with Gasteiger partial charge >= 0.3 is 6.09 Å². The third-order valence-corrected chi connectivity index (χ3v) is 2.98. The van der Waals surface area contributed by atoms with Gasteiger partial charge in [-0.05, 0) is 27.7 Å². The Bertz CT molecular complexity index is 537. The minimum absolute atomic E-state index is 0.301. The van der Waals surface area contributed by atoms with Gasteiger partial charge in [-0.1, -0.05) is 12.2 Å². The number of nitrogens with zero attached hydrogens (tertiary/aromatic N) is 3. The van der Waals surface area contributed by atoms with Crippen molar-refractivity contribution in [3.8, 4) is 0 Å². The van der Waals surface area contributed by atoms with Gasteiger partial charge in [-0.15, -0.1) is 0 Å². The van der Waals surface area contributed by atoms with E-state index >= 15 is 0 Å². The Hall–Kier alpha value is -2.44. The Labute approximate surface area is 130 Å². The summed E-state index contributed by atoms with van der Waals surface area (Å²) < 4.78 is 0. The molecule has 0 saturated carbocycles. The molecular formula is C15H22N4O3. The van der Waals surface area contributed by atoms with Gasteiger partial charge in [0.15, 0.2) is 0 Å². The van der Waals surface area contributed by atoms with E-state index in [1.54, 1.807) is 52.2 Å². The molecular weight excluding hydrogens is 284 g/mol. The van der Waals surface area contributed by atoms with Crippen LogP contribution in [0.3, 0.4) is 0 Å². The Morgan fingerprint density at radius 2 is 1.95 bits per heavy atom. The van der Waals surface area contributed by atoms with E-state index in [0.29, 0.717) is 6.54 Å². The number of amides is 2. The monoisotopic (exact) mass is 306 g/mol. The van der Waals surface area contributed by atoms with Gasteiger partial charge in [0, 0.05) is 30.0 Å². The van der Waals surface area contributed by atoms with E-state index in [2.05, 4.69) is 15.3 Å². The number of rotatable bonds is 5. The molecule has 0 aliphatic rings. The summed E-state index contributed by atoms with van der Waals surface area (Å²) in [6.45, 7) is 7.12. The van der Waals surface area contributed by atoms with Crippen LogP contribution in [0.15, 0.2) is 24.8 Å². The summed E-state index contributed by atoms with van der Waals surface area (Å²) in [5.41, 5.74) is 0.173. The molecule has 0 radical (unpaired) electrons. The first-order chi connectivity index (χ1) is 10.2. The third kappa shape index (κ3) is 5.16. The highest BCUT2D eigenvalue weighted by molar-refractivity contribution is 5.85. The topological polar surface area (TPSA) is 95.4 Å². The highest BCUT2D eigenvalue weighted by Gasteiger charge is 2.34. The average molecular weight is 306 g/mol. The van der Waals surface area contributed by atoms with E-state index in [1.165, 1.54) is 6.33 Å². The van der Waals surface area contributed by atoms with Crippen molar-refractivity contribution in [1.29, 1.82) is 0 Å². The van der Waals surface area contributed by atoms with Crippen molar-refractivity contribution in [2.24, 2.45) is 0 Å². The van der Waals surface area contributed by atoms with E-state index < -0.39 is 17.7 Å². The van der Waals surface area contributed by atoms with Crippen molar-refractivity contribution >= 4 is 18.1 Å². The molecule has 0 spiro atoms. The Morgan fingerprint density at radius 1 is 1.36 bits per heavy atom. The molecule has 0 saturated heterocycles. The summed E-state index contributed by atoms with van der Waals surface area (Å²) in [6.07, 6.45) is 7.16. The molecule has 1 aromatic heterocycles. The lowest BCUT2D eigenvalue weighted by atomic mass is 10.0. The van der Waals surface area contributed by atoms with Crippen molar-refractivity contribution in [3.05, 3.63) is 30.4 Å². The van der Waals surface area contributed by atoms with E-state index in [0.717, 1.165) is 10.5 Å². The molecule has 22 heavy (non-hydrogen) atoms. The van der Waals surface area contributed by atoms with Crippen LogP contribution in [0.4, 0.5) is 4.79 Å². The molecule has 0 aliphatic carbocycles. The molecule has 2 N–H and O–H groups in total. The molecule has 0 fully saturated rings. The standard InChI is InChI=1S/C15H22N4O3/c1-11(19(14(21)22)15(2,3)4)13(20)18-7-5-6-12-8-16-10-17-9-12/h5-6,8-11H,7H2,1-4H3,(H,18,20)(H,21,22)/b6-5+/t11-/m1/s1.